The summed E-state index contributed by atoms with van der Waals surface area (Å²) in [6.45, 7) is -3.21. The fourth-order valence-corrected chi connectivity index (χ4v) is 11.1. The minimum atomic E-state index is -1.36. The molecule has 0 fully saturated rings. The van der Waals surface area contributed by atoms with E-state index in [1.165, 1.54) is 0 Å². The standard InChI is InChI=1S/C87H86N2O20/c1-5-58-21-25-62(26-22-58)45-68(90)13-9-17-84(98)106-54-70(92)50-102-74-41-33-64-35-43-80(104-52-72(94)56-108-85(99)18-10-14-69(91)46-63-27-23-59(6-2)24-28-63)78(76(64)47-74)49-79-77-48-75(103-51-71(93)55-107-86(100)19-11-15-82(96)88-66-37-29-60(7-3)30-38-66)42-34-65(77)36-44-81(79)105-53-73(95)57-109-87(101)20-12-16-83(97)89-67-39-31-61(8-4)32-40-67/h1-4,21-44,47-48,70-73,92-95H,9-20,45-46,49-57H2,(H,88,96)(H,89,97). The normalized spacial score (nSPS) is 11.9. The van der Waals surface area contributed by atoms with Crippen molar-refractivity contribution in [3.63, 3.8) is 0 Å². The molecule has 0 aliphatic carbocycles. The summed E-state index contributed by atoms with van der Waals surface area (Å²) in [6.07, 6.45) is 17.5. The lowest BCUT2D eigenvalue weighted by Crippen LogP contribution is -2.26. The van der Waals surface area contributed by atoms with Crippen molar-refractivity contribution in [1.82, 2.24) is 0 Å². The van der Waals surface area contributed by atoms with Crippen LogP contribution in [0.25, 0.3) is 21.5 Å². The maximum atomic E-state index is 12.9. The minimum absolute atomic E-state index is 0.00909. The molecule has 0 aliphatic rings. The van der Waals surface area contributed by atoms with Crippen molar-refractivity contribution in [1.29, 1.82) is 0 Å². The van der Waals surface area contributed by atoms with Crippen molar-refractivity contribution in [2.45, 2.75) is 121 Å². The summed E-state index contributed by atoms with van der Waals surface area (Å²) in [5.74, 6) is 7.75. The molecule has 0 heterocycles. The van der Waals surface area contributed by atoms with Crippen LogP contribution in [0, 0.1) is 49.4 Å². The van der Waals surface area contributed by atoms with E-state index in [1.54, 1.807) is 158 Å². The highest BCUT2D eigenvalue weighted by atomic mass is 16.6. The summed E-state index contributed by atoms with van der Waals surface area (Å²) in [7, 11) is 0. The average molecular weight is 1480 g/mol. The second-order valence-electron chi connectivity index (χ2n) is 25.7. The van der Waals surface area contributed by atoms with Gasteiger partial charge in [-0.25, -0.2) is 0 Å². The van der Waals surface area contributed by atoms with Gasteiger partial charge in [-0.2, -0.15) is 0 Å². The Kier molecular flexibility index (Phi) is 32.8. The molecule has 109 heavy (non-hydrogen) atoms. The Bertz CT molecular complexity index is 4320. The number of carbonyl (C=O) groups excluding carboxylic acids is 8. The molecular weight excluding hydrogens is 1390 g/mol. The zero-order valence-electron chi connectivity index (χ0n) is 60.2. The molecule has 0 spiro atoms. The summed E-state index contributed by atoms with van der Waals surface area (Å²) in [4.78, 5) is 102. The Morgan fingerprint density at radius 3 is 0.954 bits per heavy atom. The first-order valence-corrected chi connectivity index (χ1v) is 35.6. The smallest absolute Gasteiger partial charge is 0.305 e. The van der Waals surface area contributed by atoms with Crippen molar-refractivity contribution < 1.29 is 96.7 Å². The third kappa shape index (κ3) is 28.5. The van der Waals surface area contributed by atoms with Crippen LogP contribution in [0.3, 0.4) is 0 Å². The lowest BCUT2D eigenvalue weighted by molar-refractivity contribution is -0.148. The maximum absolute atomic E-state index is 12.9. The van der Waals surface area contributed by atoms with Crippen molar-refractivity contribution in [2.75, 3.05) is 63.5 Å². The van der Waals surface area contributed by atoms with Crippen LogP contribution in [0.4, 0.5) is 11.4 Å². The summed E-state index contributed by atoms with van der Waals surface area (Å²) in [5.41, 5.74) is 6.32. The van der Waals surface area contributed by atoms with Crippen LogP contribution in [0.1, 0.15) is 122 Å². The van der Waals surface area contributed by atoms with Crippen molar-refractivity contribution >= 4 is 80.2 Å². The Morgan fingerprint density at radius 1 is 0.339 bits per heavy atom. The highest BCUT2D eigenvalue weighted by Crippen LogP contribution is 2.39. The zero-order valence-corrected chi connectivity index (χ0v) is 60.2. The van der Waals surface area contributed by atoms with Gasteiger partial charge in [-0.1, -0.05) is 72.2 Å². The quantitative estimate of drug-likeness (QED) is 0.0117. The first-order valence-electron chi connectivity index (χ1n) is 35.6. The molecule has 0 aliphatic heterocycles. The van der Waals surface area contributed by atoms with Crippen LogP contribution in [-0.4, -0.2) is 145 Å². The maximum Gasteiger partial charge on any atom is 0.305 e. The highest BCUT2D eigenvalue weighted by molar-refractivity contribution is 5.94. The fourth-order valence-electron chi connectivity index (χ4n) is 11.1. The van der Waals surface area contributed by atoms with E-state index in [1.807, 2.05) is 0 Å². The number of rotatable bonds is 44. The zero-order chi connectivity index (χ0) is 77.9. The number of Topliss-reactive ketones (excluding diaryl/α,β-unsaturated/α-hetero) is 2. The van der Waals surface area contributed by atoms with Crippen LogP contribution < -0.4 is 29.6 Å². The molecule has 8 aromatic carbocycles. The lowest BCUT2D eigenvalue weighted by Gasteiger charge is -2.21. The van der Waals surface area contributed by atoms with Gasteiger partial charge in [-0.05, 0) is 168 Å². The molecule has 22 nitrogen and oxygen atoms in total. The number of ketones is 2. The Balaban J connectivity index is 0.974. The van der Waals surface area contributed by atoms with E-state index in [4.69, 9.17) is 63.6 Å². The van der Waals surface area contributed by atoms with Gasteiger partial charge in [0.25, 0.3) is 0 Å². The van der Waals surface area contributed by atoms with E-state index in [-0.39, 0.29) is 156 Å². The van der Waals surface area contributed by atoms with E-state index in [9.17, 15) is 58.8 Å². The van der Waals surface area contributed by atoms with Crippen LogP contribution in [0.15, 0.2) is 158 Å². The van der Waals surface area contributed by atoms with Crippen molar-refractivity contribution in [3.8, 4) is 72.4 Å². The molecule has 2 amide bonds. The number of nitrogens with one attached hydrogen (secondary N) is 2. The number of aliphatic hydroxyl groups excluding tert-OH is 4. The molecule has 0 bridgehead atoms. The lowest BCUT2D eigenvalue weighted by atomic mass is 9.93. The van der Waals surface area contributed by atoms with Crippen molar-refractivity contribution in [3.05, 3.63) is 202 Å². The topological polar surface area (TPSA) is 315 Å². The number of benzene rings is 8. The molecule has 0 saturated carbocycles. The SMILES string of the molecule is C#Cc1ccc(CC(=O)CCCC(=O)OCC(O)COc2ccc3ccc(OCC(O)COC(=O)CCCC(=O)Cc4ccc(C#C)cc4)c(Cc4c(OCC(O)COC(=O)CCCC(=O)Nc5ccc(C#C)cc5)ccc5ccc(OCC(O)COC(=O)CCCC(=O)Nc6ccc(C#C)cc6)cc45)c3c2)cc1. The number of anilines is 2. The summed E-state index contributed by atoms with van der Waals surface area (Å²) >= 11 is 0. The predicted octanol–water partition coefficient (Wildman–Crippen LogP) is 10.2. The van der Waals surface area contributed by atoms with Gasteiger partial charge in [-0.15, -0.1) is 25.7 Å². The second-order valence-corrected chi connectivity index (χ2v) is 25.7. The van der Waals surface area contributed by atoms with E-state index in [2.05, 4.69) is 34.3 Å². The fraction of sp³-hybridized carbons (Fsp3) is 0.310. The first kappa shape index (κ1) is 82.4. The number of aliphatic hydroxyl groups is 4. The molecule has 4 unspecified atom stereocenters. The third-order valence-electron chi connectivity index (χ3n) is 16.9. The predicted molar refractivity (Wildman–Crippen MR) is 408 cm³/mol. The van der Waals surface area contributed by atoms with Crippen LogP contribution in [0.5, 0.6) is 23.0 Å². The molecular formula is C87H86N2O20. The Labute approximate surface area is 632 Å². The van der Waals surface area contributed by atoms with Crippen LogP contribution in [-0.2, 0) is 76.6 Å². The number of fused-ring (bicyclic) bond motifs is 2. The molecule has 0 aromatic heterocycles. The number of esters is 4. The van der Waals surface area contributed by atoms with Gasteiger partial charge in [0.15, 0.2) is 0 Å². The summed E-state index contributed by atoms with van der Waals surface area (Å²) in [5, 5.41) is 52.6. The molecule has 0 saturated heterocycles. The van der Waals surface area contributed by atoms with Crippen LogP contribution in [0.2, 0.25) is 0 Å². The molecule has 8 rings (SSSR count). The van der Waals surface area contributed by atoms with E-state index in [0.29, 0.717) is 66.3 Å². The minimum Gasteiger partial charge on any atom is -0.491 e. The second kappa shape index (κ2) is 43.4. The van der Waals surface area contributed by atoms with Gasteiger partial charge in [0.05, 0.1) is 0 Å². The number of hydrogen-bond acceptors (Lipinski definition) is 20. The molecule has 6 N–H and O–H groups in total. The number of ether oxygens (including phenoxy) is 8. The largest absolute Gasteiger partial charge is 0.491 e. The molecule has 564 valence electrons. The average Bonchev–Trinajstić information content (AvgIpc) is 0.770. The Hall–Kier alpha value is -12.3. The van der Waals surface area contributed by atoms with E-state index in [0.717, 1.165) is 11.1 Å². The first-order chi connectivity index (χ1) is 52.7. The van der Waals surface area contributed by atoms with Gasteiger partial charge in [0, 0.05) is 115 Å². The number of amides is 2. The van der Waals surface area contributed by atoms with Gasteiger partial charge in [0.1, 0.15) is 112 Å². The molecule has 8 aromatic rings. The molecule has 0 radical (unpaired) electrons. The van der Waals surface area contributed by atoms with Gasteiger partial charge >= 0.3 is 23.9 Å². The number of carbonyl (C=O) groups is 8. The van der Waals surface area contributed by atoms with Gasteiger partial charge < -0.3 is 69.0 Å². The highest BCUT2D eigenvalue weighted by Gasteiger charge is 2.23. The molecule has 22 heteroatoms. The number of terminal acetylenes is 4. The van der Waals surface area contributed by atoms with Gasteiger partial charge in [0.2, 0.25) is 11.8 Å². The Morgan fingerprint density at radius 2 is 0.633 bits per heavy atom. The molecule has 4 atom stereocenters. The van der Waals surface area contributed by atoms with Gasteiger partial charge in [-0.3, -0.25) is 38.4 Å². The van der Waals surface area contributed by atoms with Crippen LogP contribution >= 0.6 is 0 Å². The van der Waals surface area contributed by atoms with E-state index < -0.39 is 87.9 Å². The monoisotopic (exact) mass is 1480 g/mol. The summed E-state index contributed by atoms with van der Waals surface area (Å²) < 4.78 is 46.6. The number of hydrogen-bond donors (Lipinski definition) is 6. The third-order valence-corrected chi connectivity index (χ3v) is 16.9. The van der Waals surface area contributed by atoms with Crippen molar-refractivity contribution in [2.24, 2.45) is 0 Å². The summed E-state index contributed by atoms with van der Waals surface area (Å²) in [6, 6.07) is 44.7. The van der Waals surface area contributed by atoms with E-state index >= 15 is 0 Å².